The third kappa shape index (κ3) is 8.14. The van der Waals surface area contributed by atoms with E-state index in [1.807, 2.05) is 88.4 Å². The number of aromatic hydroxyl groups is 2. The molecule has 0 fully saturated rings. The van der Waals surface area contributed by atoms with Gasteiger partial charge in [0.1, 0.15) is 17.2 Å². The molecule has 5 rings (SSSR count). The molecule has 0 radical (unpaired) electrons. The first-order valence-corrected chi connectivity index (χ1v) is 12.9. The molecule has 0 saturated heterocycles. The fourth-order valence-corrected chi connectivity index (χ4v) is 4.09. The minimum Gasteiger partial charge on any atom is -0.508 e. The zero-order valence-corrected chi connectivity index (χ0v) is 22.5. The lowest BCUT2D eigenvalue weighted by molar-refractivity contribution is -0.274. The summed E-state index contributed by atoms with van der Waals surface area (Å²) in [5.74, 6) is 0.643. The van der Waals surface area contributed by atoms with Crippen LogP contribution in [0, 0.1) is 0 Å². The highest BCUT2D eigenvalue weighted by molar-refractivity contribution is 5.86. The van der Waals surface area contributed by atoms with Gasteiger partial charge in [0.2, 0.25) is 0 Å². The van der Waals surface area contributed by atoms with E-state index in [2.05, 4.69) is 4.74 Å². The van der Waals surface area contributed by atoms with Crippen molar-refractivity contribution >= 4 is 21.5 Å². The lowest BCUT2D eigenvalue weighted by Crippen LogP contribution is -2.17. The number of alkyl halides is 3. The molecule has 5 aromatic rings. The maximum absolute atomic E-state index is 11.8. The summed E-state index contributed by atoms with van der Waals surface area (Å²) in [4.78, 5) is 0. The zero-order valence-electron chi connectivity index (χ0n) is 22.5. The molecule has 5 aromatic carbocycles. The van der Waals surface area contributed by atoms with Crippen LogP contribution in [-0.2, 0) is 6.42 Å². The molecule has 0 atom stereocenters. The Balaban J connectivity index is 0.000000227. The van der Waals surface area contributed by atoms with Crippen LogP contribution in [0.5, 0.6) is 17.2 Å². The SMILES string of the molecule is CC.CC(C)c1ccc(OC(F)(F)F)cc1.Oc1cc2ccccc2cc1Cc1cc2ccccc2cc1O. The van der Waals surface area contributed by atoms with Crippen molar-refractivity contribution in [3.63, 3.8) is 0 Å². The predicted molar refractivity (Wildman–Crippen MR) is 153 cm³/mol. The van der Waals surface area contributed by atoms with Gasteiger partial charge in [-0.25, -0.2) is 0 Å². The number of ether oxygens (including phenoxy) is 1. The number of halogens is 3. The van der Waals surface area contributed by atoms with E-state index < -0.39 is 6.36 Å². The summed E-state index contributed by atoms with van der Waals surface area (Å²) < 4.78 is 39.1. The van der Waals surface area contributed by atoms with E-state index in [0.29, 0.717) is 12.3 Å². The molecule has 0 bridgehead atoms. The van der Waals surface area contributed by atoms with Crippen LogP contribution in [-0.4, -0.2) is 16.6 Å². The molecule has 0 aromatic heterocycles. The van der Waals surface area contributed by atoms with Crippen LogP contribution in [0.3, 0.4) is 0 Å². The van der Waals surface area contributed by atoms with E-state index in [4.69, 9.17) is 0 Å². The van der Waals surface area contributed by atoms with Crippen LogP contribution < -0.4 is 4.74 Å². The molecule has 0 aliphatic carbocycles. The van der Waals surface area contributed by atoms with Crippen molar-refractivity contribution in [2.24, 2.45) is 0 Å². The van der Waals surface area contributed by atoms with Crippen molar-refractivity contribution < 1.29 is 28.1 Å². The first kappa shape index (κ1) is 29.4. The number of rotatable bonds is 4. The van der Waals surface area contributed by atoms with Crippen molar-refractivity contribution in [2.45, 2.75) is 46.4 Å². The Morgan fingerprint density at radius 2 is 1.03 bits per heavy atom. The molecule has 0 aliphatic rings. The van der Waals surface area contributed by atoms with Crippen LogP contribution in [0.25, 0.3) is 21.5 Å². The minimum atomic E-state index is -4.61. The van der Waals surface area contributed by atoms with Crippen LogP contribution in [0.4, 0.5) is 13.2 Å². The van der Waals surface area contributed by atoms with Crippen LogP contribution in [0.15, 0.2) is 97.1 Å². The van der Waals surface area contributed by atoms with Gasteiger partial charge in [0, 0.05) is 6.42 Å². The number of hydrogen-bond donors (Lipinski definition) is 2. The van der Waals surface area contributed by atoms with Crippen molar-refractivity contribution in [1.29, 1.82) is 0 Å². The quantitative estimate of drug-likeness (QED) is 0.241. The van der Waals surface area contributed by atoms with Crippen molar-refractivity contribution in [3.8, 4) is 17.2 Å². The van der Waals surface area contributed by atoms with Gasteiger partial charge in [-0.3, -0.25) is 0 Å². The second-order valence-electron chi connectivity index (χ2n) is 9.10. The summed E-state index contributed by atoms with van der Waals surface area (Å²) in [6.45, 7) is 7.94. The van der Waals surface area contributed by atoms with Crippen LogP contribution in [0.1, 0.15) is 50.3 Å². The summed E-state index contributed by atoms with van der Waals surface area (Å²) in [5.41, 5.74) is 2.61. The molecule has 2 N–H and O–H groups in total. The molecule has 0 saturated carbocycles. The fourth-order valence-electron chi connectivity index (χ4n) is 4.09. The Bertz CT molecular complexity index is 1420. The van der Waals surface area contributed by atoms with Gasteiger partial charge in [-0.15, -0.1) is 13.2 Å². The third-order valence-electron chi connectivity index (χ3n) is 6.06. The van der Waals surface area contributed by atoms with Gasteiger partial charge in [0.15, 0.2) is 0 Å². The highest BCUT2D eigenvalue weighted by atomic mass is 19.4. The molecule has 39 heavy (non-hydrogen) atoms. The van der Waals surface area contributed by atoms with E-state index in [-0.39, 0.29) is 17.2 Å². The molecule has 6 heteroatoms. The molecule has 0 amide bonds. The average Bonchev–Trinajstić information content (AvgIpc) is 2.90. The highest BCUT2D eigenvalue weighted by Crippen LogP contribution is 2.32. The van der Waals surface area contributed by atoms with Gasteiger partial charge in [-0.05, 0) is 80.6 Å². The van der Waals surface area contributed by atoms with Crippen molar-refractivity contribution in [1.82, 2.24) is 0 Å². The Morgan fingerprint density at radius 1 is 0.641 bits per heavy atom. The number of phenolic OH excluding ortho intramolecular Hbond substituents is 2. The van der Waals surface area contributed by atoms with E-state index in [0.717, 1.165) is 38.2 Å². The van der Waals surface area contributed by atoms with Gasteiger partial charge in [0.05, 0.1) is 0 Å². The van der Waals surface area contributed by atoms with Gasteiger partial charge >= 0.3 is 6.36 Å². The molecule has 0 aliphatic heterocycles. The molecular weight excluding hydrogens is 501 g/mol. The Labute approximate surface area is 227 Å². The summed E-state index contributed by atoms with van der Waals surface area (Å²) in [6, 6.07) is 29.3. The van der Waals surface area contributed by atoms with Gasteiger partial charge < -0.3 is 14.9 Å². The second-order valence-corrected chi connectivity index (χ2v) is 9.10. The molecule has 0 unspecified atom stereocenters. The normalized spacial score (nSPS) is 11.0. The lowest BCUT2D eigenvalue weighted by atomic mass is 9.97. The smallest absolute Gasteiger partial charge is 0.508 e. The molecule has 3 nitrogen and oxygen atoms in total. The monoisotopic (exact) mass is 534 g/mol. The zero-order chi connectivity index (χ0) is 28.6. The van der Waals surface area contributed by atoms with Gasteiger partial charge in [-0.1, -0.05) is 88.4 Å². The topological polar surface area (TPSA) is 49.7 Å². The fraction of sp³-hybridized carbons (Fsp3) is 0.212. The van der Waals surface area contributed by atoms with E-state index in [1.165, 1.54) is 12.1 Å². The van der Waals surface area contributed by atoms with E-state index in [9.17, 15) is 23.4 Å². The number of fused-ring (bicyclic) bond motifs is 2. The summed E-state index contributed by atoms with van der Waals surface area (Å²) in [5, 5.41) is 24.8. The van der Waals surface area contributed by atoms with Crippen molar-refractivity contribution in [3.05, 3.63) is 114 Å². The molecule has 0 heterocycles. The molecule has 0 spiro atoms. The summed E-state index contributed by atoms with van der Waals surface area (Å²) in [6.07, 6.45) is -4.12. The maximum atomic E-state index is 11.8. The number of phenols is 2. The molecule has 204 valence electrons. The van der Waals surface area contributed by atoms with Crippen molar-refractivity contribution in [2.75, 3.05) is 0 Å². The number of benzene rings is 5. The Hall–Kier alpha value is -4.19. The average molecular weight is 535 g/mol. The van der Waals surface area contributed by atoms with Crippen LogP contribution in [0.2, 0.25) is 0 Å². The highest BCUT2D eigenvalue weighted by Gasteiger charge is 2.30. The standard InChI is InChI=1S/C21H16O2.C10H11F3O.C2H6/c22-20-12-16-7-3-1-5-14(16)9-18(20)11-19-10-15-6-2-4-8-17(15)13-21(19)23;1-7(2)8-3-5-9(6-4-8)14-10(11,12)13;1-2/h1-10,12-13,22-23H,11H2;3-7H,1-2H3;1-2H3. The lowest BCUT2D eigenvalue weighted by Gasteiger charge is -2.10. The first-order valence-electron chi connectivity index (χ1n) is 12.9. The van der Waals surface area contributed by atoms with E-state index >= 15 is 0 Å². The predicted octanol–water partition coefficient (Wildman–Crippen LogP) is 9.73. The first-order chi connectivity index (χ1) is 18.6. The second kappa shape index (κ2) is 13.1. The minimum absolute atomic E-state index is 0.179. The maximum Gasteiger partial charge on any atom is 0.573 e. The Kier molecular flexibility index (Phi) is 9.83. The molecular formula is C33H33F3O3. The third-order valence-corrected chi connectivity index (χ3v) is 6.06. The van der Waals surface area contributed by atoms with Gasteiger partial charge in [0.25, 0.3) is 0 Å². The summed E-state index contributed by atoms with van der Waals surface area (Å²) >= 11 is 0. The Morgan fingerprint density at radius 3 is 1.38 bits per heavy atom. The summed E-state index contributed by atoms with van der Waals surface area (Å²) in [7, 11) is 0. The van der Waals surface area contributed by atoms with Gasteiger partial charge in [-0.2, -0.15) is 0 Å². The number of hydrogen-bond acceptors (Lipinski definition) is 3. The largest absolute Gasteiger partial charge is 0.573 e. The van der Waals surface area contributed by atoms with E-state index in [1.54, 1.807) is 24.3 Å². The van der Waals surface area contributed by atoms with Crippen LogP contribution >= 0.6 is 0 Å².